The Morgan fingerprint density at radius 2 is 1.89 bits per heavy atom. The number of benzene rings is 2. The molecule has 2 aromatic rings. The van der Waals surface area contributed by atoms with Crippen LogP contribution < -0.4 is 15.5 Å². The minimum atomic E-state index is -0.374. The van der Waals surface area contributed by atoms with Crippen molar-refractivity contribution in [2.45, 2.75) is 25.5 Å². The van der Waals surface area contributed by atoms with Crippen molar-refractivity contribution in [3.8, 4) is 0 Å². The van der Waals surface area contributed by atoms with E-state index in [1.165, 1.54) is 5.56 Å². The predicted molar refractivity (Wildman–Crippen MR) is 111 cm³/mol. The minimum absolute atomic E-state index is 0. The number of para-hydroxylation sites is 1. The molecule has 0 aliphatic carbocycles. The topological polar surface area (TPSA) is 70.7 Å². The summed E-state index contributed by atoms with van der Waals surface area (Å²) in [5.41, 5.74) is 3.46. The average Bonchev–Trinajstić information content (AvgIpc) is 3.12. The van der Waals surface area contributed by atoms with Crippen LogP contribution >= 0.6 is 12.4 Å². The molecule has 1 fully saturated rings. The van der Waals surface area contributed by atoms with Gasteiger partial charge in [0.05, 0.1) is 12.7 Å². The monoisotopic (exact) mass is 401 g/mol. The summed E-state index contributed by atoms with van der Waals surface area (Å²) in [7, 11) is 0. The van der Waals surface area contributed by atoms with Crippen LogP contribution in [0, 0.1) is 0 Å². The van der Waals surface area contributed by atoms with Crippen LogP contribution in [0.2, 0.25) is 0 Å². The third-order valence-electron chi connectivity index (χ3n) is 5.13. The SMILES string of the molecule is C[C@H]1OCCN[C@@H]1C(=O)Nc1ccc(C(=O)N2CCc3ccccc32)cc1.Cl. The van der Waals surface area contributed by atoms with Crippen molar-refractivity contribution < 1.29 is 14.3 Å². The highest BCUT2D eigenvalue weighted by molar-refractivity contribution is 6.07. The van der Waals surface area contributed by atoms with Crippen molar-refractivity contribution in [2.24, 2.45) is 0 Å². The standard InChI is InChI=1S/C21H23N3O3.ClH/c1-14-19(22-11-13-27-14)20(25)23-17-8-6-16(7-9-17)21(26)24-12-10-15-4-2-3-5-18(15)24;/h2-9,14,19,22H,10-13H2,1H3,(H,23,25);1H/t14-,19+;/m1./s1. The number of ether oxygens (including phenoxy) is 1. The second kappa shape index (κ2) is 8.73. The predicted octanol–water partition coefficient (Wildman–Crippen LogP) is 2.63. The molecule has 0 radical (unpaired) electrons. The van der Waals surface area contributed by atoms with E-state index in [0.717, 1.165) is 12.1 Å². The maximum atomic E-state index is 12.8. The summed E-state index contributed by atoms with van der Waals surface area (Å²) in [5, 5.41) is 6.05. The number of carbonyl (C=O) groups excluding carboxylic acids is 2. The number of nitrogens with zero attached hydrogens (tertiary/aromatic N) is 1. The first-order chi connectivity index (χ1) is 13.1. The minimum Gasteiger partial charge on any atom is -0.375 e. The molecule has 6 nitrogen and oxygen atoms in total. The van der Waals surface area contributed by atoms with Gasteiger partial charge in [-0.15, -0.1) is 12.4 Å². The number of anilines is 2. The van der Waals surface area contributed by atoms with Crippen LogP contribution in [-0.4, -0.2) is 43.7 Å². The van der Waals surface area contributed by atoms with Crippen LogP contribution in [0.15, 0.2) is 48.5 Å². The zero-order valence-corrected chi connectivity index (χ0v) is 16.5. The van der Waals surface area contributed by atoms with E-state index in [9.17, 15) is 9.59 Å². The molecule has 0 aromatic heterocycles. The van der Waals surface area contributed by atoms with Gasteiger partial charge in [0.15, 0.2) is 0 Å². The lowest BCUT2D eigenvalue weighted by atomic mass is 10.1. The number of hydrogen-bond acceptors (Lipinski definition) is 4. The average molecular weight is 402 g/mol. The maximum absolute atomic E-state index is 12.8. The first-order valence-corrected chi connectivity index (χ1v) is 9.29. The van der Waals surface area contributed by atoms with Gasteiger partial charge in [-0.1, -0.05) is 18.2 Å². The third kappa shape index (κ3) is 4.04. The Morgan fingerprint density at radius 1 is 1.14 bits per heavy atom. The number of carbonyl (C=O) groups is 2. The molecule has 0 unspecified atom stereocenters. The number of rotatable bonds is 3. The van der Waals surface area contributed by atoms with E-state index in [2.05, 4.69) is 16.7 Å². The largest absolute Gasteiger partial charge is 0.375 e. The number of amides is 2. The van der Waals surface area contributed by atoms with Crippen LogP contribution in [0.1, 0.15) is 22.8 Å². The molecule has 2 aliphatic rings. The van der Waals surface area contributed by atoms with Gasteiger partial charge in [0, 0.05) is 30.0 Å². The lowest BCUT2D eigenvalue weighted by Crippen LogP contribution is -2.53. The van der Waals surface area contributed by atoms with E-state index in [-0.39, 0.29) is 36.4 Å². The van der Waals surface area contributed by atoms with Gasteiger partial charge in [0.1, 0.15) is 6.04 Å². The maximum Gasteiger partial charge on any atom is 0.258 e. The molecule has 2 aromatic carbocycles. The number of hydrogen-bond donors (Lipinski definition) is 2. The van der Waals surface area contributed by atoms with Gasteiger partial charge in [0.2, 0.25) is 5.91 Å². The van der Waals surface area contributed by atoms with Crippen molar-refractivity contribution in [3.63, 3.8) is 0 Å². The highest BCUT2D eigenvalue weighted by Gasteiger charge is 2.28. The molecular weight excluding hydrogens is 378 g/mol. The fraction of sp³-hybridized carbons (Fsp3) is 0.333. The molecular formula is C21H24ClN3O3. The first kappa shape index (κ1) is 20.3. The summed E-state index contributed by atoms with van der Waals surface area (Å²) in [4.78, 5) is 27.1. The lowest BCUT2D eigenvalue weighted by molar-refractivity contribution is -0.123. The molecule has 7 heteroatoms. The fourth-order valence-corrected chi connectivity index (χ4v) is 3.65. The highest BCUT2D eigenvalue weighted by Crippen LogP contribution is 2.29. The van der Waals surface area contributed by atoms with Crippen molar-refractivity contribution in [3.05, 3.63) is 59.7 Å². The molecule has 0 bridgehead atoms. The molecule has 2 amide bonds. The summed E-state index contributed by atoms with van der Waals surface area (Å²) < 4.78 is 5.51. The van der Waals surface area contributed by atoms with Gasteiger partial charge in [-0.25, -0.2) is 0 Å². The Hall–Kier alpha value is -2.41. The summed E-state index contributed by atoms with van der Waals surface area (Å²) in [6.45, 7) is 3.85. The molecule has 2 atom stereocenters. The molecule has 4 rings (SSSR count). The normalized spacial score (nSPS) is 20.8. The van der Waals surface area contributed by atoms with E-state index < -0.39 is 0 Å². The van der Waals surface area contributed by atoms with Gasteiger partial charge >= 0.3 is 0 Å². The Kier molecular flexibility index (Phi) is 6.34. The number of nitrogens with one attached hydrogen (secondary N) is 2. The summed E-state index contributed by atoms with van der Waals surface area (Å²) in [6, 6.07) is 14.7. The number of fused-ring (bicyclic) bond motifs is 1. The Morgan fingerprint density at radius 3 is 2.64 bits per heavy atom. The van der Waals surface area contributed by atoms with Gasteiger partial charge in [-0.3, -0.25) is 9.59 Å². The van der Waals surface area contributed by atoms with Crippen LogP contribution in [0.3, 0.4) is 0 Å². The van der Waals surface area contributed by atoms with Gasteiger partial charge in [-0.05, 0) is 49.2 Å². The lowest BCUT2D eigenvalue weighted by Gasteiger charge is -2.29. The van der Waals surface area contributed by atoms with E-state index in [1.54, 1.807) is 24.3 Å². The molecule has 2 heterocycles. The molecule has 2 N–H and O–H groups in total. The smallest absolute Gasteiger partial charge is 0.258 e. The van der Waals surface area contributed by atoms with Crippen molar-refractivity contribution in [2.75, 3.05) is 29.9 Å². The van der Waals surface area contributed by atoms with E-state index >= 15 is 0 Å². The molecule has 1 saturated heterocycles. The Bertz CT molecular complexity index is 856. The molecule has 2 aliphatic heterocycles. The van der Waals surface area contributed by atoms with E-state index in [4.69, 9.17) is 4.74 Å². The highest BCUT2D eigenvalue weighted by atomic mass is 35.5. The zero-order valence-electron chi connectivity index (χ0n) is 15.7. The molecule has 28 heavy (non-hydrogen) atoms. The van der Waals surface area contributed by atoms with Crippen LogP contribution in [-0.2, 0) is 16.0 Å². The first-order valence-electron chi connectivity index (χ1n) is 9.29. The van der Waals surface area contributed by atoms with E-state index in [0.29, 0.717) is 30.9 Å². The zero-order chi connectivity index (χ0) is 18.8. The second-order valence-corrected chi connectivity index (χ2v) is 6.91. The Balaban J connectivity index is 0.00000225. The second-order valence-electron chi connectivity index (χ2n) is 6.91. The van der Waals surface area contributed by atoms with Crippen LogP contribution in [0.5, 0.6) is 0 Å². The quantitative estimate of drug-likeness (QED) is 0.829. The van der Waals surface area contributed by atoms with Crippen molar-refractivity contribution in [1.82, 2.24) is 5.32 Å². The molecule has 148 valence electrons. The van der Waals surface area contributed by atoms with Crippen molar-refractivity contribution >= 4 is 35.6 Å². The van der Waals surface area contributed by atoms with Crippen molar-refractivity contribution in [1.29, 1.82) is 0 Å². The number of halogens is 1. The number of morpholine rings is 1. The van der Waals surface area contributed by atoms with E-state index in [1.807, 2.05) is 30.0 Å². The van der Waals surface area contributed by atoms with Gasteiger partial charge in [-0.2, -0.15) is 0 Å². The summed E-state index contributed by atoms with van der Waals surface area (Å²) in [6.07, 6.45) is 0.708. The fourth-order valence-electron chi connectivity index (χ4n) is 3.65. The van der Waals surface area contributed by atoms with Gasteiger partial charge < -0.3 is 20.3 Å². The Labute approximate surface area is 170 Å². The van der Waals surface area contributed by atoms with Crippen LogP contribution in [0.25, 0.3) is 0 Å². The third-order valence-corrected chi connectivity index (χ3v) is 5.13. The van der Waals surface area contributed by atoms with Crippen LogP contribution in [0.4, 0.5) is 11.4 Å². The van der Waals surface area contributed by atoms with Gasteiger partial charge in [0.25, 0.3) is 5.91 Å². The summed E-state index contributed by atoms with van der Waals surface area (Å²) >= 11 is 0. The summed E-state index contributed by atoms with van der Waals surface area (Å²) in [5.74, 6) is -0.149. The molecule has 0 saturated carbocycles. The molecule has 0 spiro atoms.